The van der Waals surface area contributed by atoms with Crippen LogP contribution in [0.2, 0.25) is 0 Å². The summed E-state index contributed by atoms with van der Waals surface area (Å²) in [7, 11) is 5.61. The molecule has 1 heterocycles. The second-order valence-corrected chi connectivity index (χ2v) is 7.99. The molecular formula is C23H28N2O2. The Kier molecular flexibility index (Phi) is 5.11. The van der Waals surface area contributed by atoms with Crippen LogP contribution in [-0.4, -0.2) is 29.2 Å². The standard InChI is InChI=1S/C23H28N2O2/c1-23(2,3)24(4)15-20-21(16-10-8-7-9-11-16)19-14-17(27-6)12-13-18(19)22(26)25(20)5/h7-14H,15H2,1-6H3. The fourth-order valence-corrected chi connectivity index (χ4v) is 3.24. The lowest BCUT2D eigenvalue weighted by atomic mass is 9.95. The maximum absolute atomic E-state index is 13.1. The SMILES string of the molecule is COc1ccc2c(=O)n(C)c(CN(C)C(C)(C)C)c(-c3ccccc3)c2c1. The number of benzene rings is 2. The number of fused-ring (bicyclic) bond motifs is 1. The molecular weight excluding hydrogens is 336 g/mol. The number of hydrogen-bond donors (Lipinski definition) is 0. The first-order chi connectivity index (χ1) is 12.7. The Morgan fingerprint density at radius 1 is 1.04 bits per heavy atom. The van der Waals surface area contributed by atoms with E-state index in [1.165, 1.54) is 0 Å². The Bertz CT molecular complexity index is 1010. The highest BCUT2D eigenvalue weighted by Crippen LogP contribution is 2.33. The number of nitrogens with zero attached hydrogens (tertiary/aromatic N) is 2. The largest absolute Gasteiger partial charge is 0.497 e. The highest BCUT2D eigenvalue weighted by molar-refractivity contribution is 5.98. The van der Waals surface area contributed by atoms with Crippen molar-refractivity contribution in [2.24, 2.45) is 7.05 Å². The number of methoxy groups -OCH3 is 1. The van der Waals surface area contributed by atoms with Crippen LogP contribution < -0.4 is 10.3 Å². The van der Waals surface area contributed by atoms with Crippen molar-refractivity contribution in [3.63, 3.8) is 0 Å². The van der Waals surface area contributed by atoms with Gasteiger partial charge in [-0.2, -0.15) is 0 Å². The predicted molar refractivity (Wildman–Crippen MR) is 112 cm³/mol. The molecule has 142 valence electrons. The molecule has 3 rings (SSSR count). The summed E-state index contributed by atoms with van der Waals surface area (Å²) in [4.78, 5) is 15.3. The third-order valence-corrected chi connectivity index (χ3v) is 5.32. The van der Waals surface area contributed by atoms with Crippen molar-refractivity contribution in [1.29, 1.82) is 0 Å². The monoisotopic (exact) mass is 364 g/mol. The van der Waals surface area contributed by atoms with Crippen LogP contribution in [0.4, 0.5) is 0 Å². The molecule has 0 N–H and O–H groups in total. The van der Waals surface area contributed by atoms with E-state index in [0.717, 1.165) is 28.0 Å². The summed E-state index contributed by atoms with van der Waals surface area (Å²) < 4.78 is 7.23. The van der Waals surface area contributed by atoms with E-state index in [0.29, 0.717) is 11.9 Å². The summed E-state index contributed by atoms with van der Waals surface area (Å²) in [5.41, 5.74) is 3.20. The normalized spacial score (nSPS) is 12.0. The predicted octanol–water partition coefficient (Wildman–Crippen LogP) is 4.44. The quantitative estimate of drug-likeness (QED) is 0.686. The minimum atomic E-state index is -0.00661. The van der Waals surface area contributed by atoms with E-state index >= 15 is 0 Å². The van der Waals surface area contributed by atoms with Gasteiger partial charge in [-0.25, -0.2) is 0 Å². The van der Waals surface area contributed by atoms with Gasteiger partial charge in [-0.05, 0) is 51.6 Å². The lowest BCUT2D eigenvalue weighted by Crippen LogP contribution is -2.39. The summed E-state index contributed by atoms with van der Waals surface area (Å²) in [6.45, 7) is 7.21. The molecule has 0 atom stereocenters. The second kappa shape index (κ2) is 7.20. The first kappa shape index (κ1) is 19.2. The molecule has 0 amide bonds. The molecule has 0 aliphatic rings. The number of hydrogen-bond acceptors (Lipinski definition) is 3. The van der Waals surface area contributed by atoms with E-state index in [1.807, 2.05) is 43.4 Å². The van der Waals surface area contributed by atoms with Crippen molar-refractivity contribution in [3.8, 4) is 16.9 Å². The first-order valence-corrected chi connectivity index (χ1v) is 9.20. The topological polar surface area (TPSA) is 34.5 Å². The van der Waals surface area contributed by atoms with Crippen molar-refractivity contribution >= 4 is 10.8 Å². The summed E-state index contributed by atoms with van der Waals surface area (Å²) in [5, 5.41) is 1.64. The van der Waals surface area contributed by atoms with Crippen molar-refractivity contribution in [3.05, 3.63) is 64.6 Å². The zero-order chi connectivity index (χ0) is 19.8. The molecule has 3 aromatic rings. The van der Waals surface area contributed by atoms with Gasteiger partial charge < -0.3 is 9.30 Å². The Labute approximate surface area is 161 Å². The number of aromatic nitrogens is 1. The summed E-state index contributed by atoms with van der Waals surface area (Å²) in [5.74, 6) is 0.753. The van der Waals surface area contributed by atoms with E-state index in [4.69, 9.17) is 4.74 Å². The van der Waals surface area contributed by atoms with Crippen LogP contribution >= 0.6 is 0 Å². The Morgan fingerprint density at radius 2 is 1.70 bits per heavy atom. The molecule has 4 nitrogen and oxygen atoms in total. The van der Waals surface area contributed by atoms with Gasteiger partial charge in [0.2, 0.25) is 0 Å². The molecule has 2 aromatic carbocycles. The van der Waals surface area contributed by atoms with Crippen LogP contribution in [0, 0.1) is 0 Å². The third kappa shape index (κ3) is 3.62. The molecule has 0 radical (unpaired) electrons. The molecule has 4 heteroatoms. The van der Waals surface area contributed by atoms with Gasteiger partial charge in [0.05, 0.1) is 7.11 Å². The zero-order valence-electron chi connectivity index (χ0n) is 17.0. The maximum atomic E-state index is 13.1. The van der Waals surface area contributed by atoms with Crippen LogP contribution in [0.3, 0.4) is 0 Å². The van der Waals surface area contributed by atoms with Gasteiger partial charge in [-0.3, -0.25) is 9.69 Å². The number of pyridine rings is 1. The summed E-state index contributed by atoms with van der Waals surface area (Å²) >= 11 is 0. The molecule has 0 bridgehead atoms. The Morgan fingerprint density at radius 3 is 2.30 bits per heavy atom. The van der Waals surface area contributed by atoms with E-state index in [2.05, 4.69) is 44.9 Å². The molecule has 0 saturated heterocycles. The number of rotatable bonds is 4. The van der Waals surface area contributed by atoms with Crippen molar-refractivity contribution in [1.82, 2.24) is 9.47 Å². The van der Waals surface area contributed by atoms with Crippen LogP contribution in [0.5, 0.6) is 5.75 Å². The molecule has 1 aromatic heterocycles. The average Bonchev–Trinajstić information content (AvgIpc) is 2.65. The van der Waals surface area contributed by atoms with Crippen LogP contribution in [0.15, 0.2) is 53.3 Å². The van der Waals surface area contributed by atoms with E-state index in [9.17, 15) is 4.79 Å². The number of ether oxygens (including phenoxy) is 1. The molecule has 0 fully saturated rings. The lowest BCUT2D eigenvalue weighted by Gasteiger charge is -2.33. The van der Waals surface area contributed by atoms with E-state index in [-0.39, 0.29) is 11.1 Å². The van der Waals surface area contributed by atoms with Gasteiger partial charge in [-0.15, -0.1) is 0 Å². The van der Waals surface area contributed by atoms with Gasteiger partial charge in [0.25, 0.3) is 5.56 Å². The minimum absolute atomic E-state index is 0.00661. The fraction of sp³-hybridized carbons (Fsp3) is 0.348. The average molecular weight is 364 g/mol. The summed E-state index contributed by atoms with van der Waals surface area (Å²) in [6.07, 6.45) is 0. The van der Waals surface area contributed by atoms with Crippen molar-refractivity contribution < 1.29 is 4.74 Å². The highest BCUT2D eigenvalue weighted by atomic mass is 16.5. The van der Waals surface area contributed by atoms with Gasteiger partial charge in [0, 0.05) is 41.2 Å². The van der Waals surface area contributed by atoms with Crippen LogP contribution in [-0.2, 0) is 13.6 Å². The van der Waals surface area contributed by atoms with Crippen LogP contribution in [0.1, 0.15) is 26.5 Å². The smallest absolute Gasteiger partial charge is 0.258 e. The Hall–Kier alpha value is -2.59. The fourth-order valence-electron chi connectivity index (χ4n) is 3.24. The highest BCUT2D eigenvalue weighted by Gasteiger charge is 2.22. The van der Waals surface area contributed by atoms with E-state index in [1.54, 1.807) is 11.7 Å². The molecule has 0 aliphatic heterocycles. The van der Waals surface area contributed by atoms with Crippen LogP contribution in [0.25, 0.3) is 21.9 Å². The zero-order valence-corrected chi connectivity index (χ0v) is 17.0. The van der Waals surface area contributed by atoms with Gasteiger partial charge in [-0.1, -0.05) is 30.3 Å². The second-order valence-electron chi connectivity index (χ2n) is 7.99. The van der Waals surface area contributed by atoms with Gasteiger partial charge >= 0.3 is 0 Å². The third-order valence-electron chi connectivity index (χ3n) is 5.32. The molecule has 0 saturated carbocycles. The summed E-state index contributed by atoms with van der Waals surface area (Å²) in [6, 6.07) is 15.9. The molecule has 0 aliphatic carbocycles. The molecule has 0 unspecified atom stereocenters. The molecule has 0 spiro atoms. The maximum Gasteiger partial charge on any atom is 0.258 e. The van der Waals surface area contributed by atoms with Gasteiger partial charge in [0.1, 0.15) is 5.75 Å². The lowest BCUT2D eigenvalue weighted by molar-refractivity contribution is 0.164. The van der Waals surface area contributed by atoms with Gasteiger partial charge in [0.15, 0.2) is 0 Å². The Balaban J connectivity index is 2.39. The van der Waals surface area contributed by atoms with Crippen molar-refractivity contribution in [2.45, 2.75) is 32.9 Å². The van der Waals surface area contributed by atoms with E-state index < -0.39 is 0 Å². The van der Waals surface area contributed by atoms with Crippen molar-refractivity contribution in [2.75, 3.05) is 14.2 Å². The minimum Gasteiger partial charge on any atom is -0.497 e. The first-order valence-electron chi connectivity index (χ1n) is 9.20. The molecule has 27 heavy (non-hydrogen) atoms.